The Bertz CT molecular complexity index is 547. The van der Waals surface area contributed by atoms with Gasteiger partial charge in [-0.15, -0.1) is 0 Å². The molecular weight excluding hydrogens is 317 g/mol. The summed E-state index contributed by atoms with van der Waals surface area (Å²) in [5.41, 5.74) is -2.94. The fourth-order valence-electron chi connectivity index (χ4n) is 1.59. The summed E-state index contributed by atoms with van der Waals surface area (Å²) >= 11 is 0. The van der Waals surface area contributed by atoms with Crippen molar-refractivity contribution >= 4 is 0 Å². The average Bonchev–Trinajstić information content (AvgIpc) is 2.53. The number of aliphatic hydroxyl groups excluding tert-OH is 2. The minimum atomic E-state index is -5.21. The predicted octanol–water partition coefficient (Wildman–Crippen LogP) is 0.862. The van der Waals surface area contributed by atoms with Crippen LogP contribution in [-0.4, -0.2) is 53.5 Å². The quantitative estimate of drug-likeness (QED) is 0.531. The molecule has 8 heteroatoms. The molecule has 0 amide bonds. The second-order valence-corrected chi connectivity index (χ2v) is 4.61. The number of rotatable bonds is 6. The van der Waals surface area contributed by atoms with E-state index in [2.05, 4.69) is 0 Å². The van der Waals surface area contributed by atoms with Crippen LogP contribution in [0.5, 0.6) is 5.75 Å². The van der Waals surface area contributed by atoms with E-state index in [0.717, 1.165) is 5.56 Å². The van der Waals surface area contributed by atoms with E-state index in [4.69, 9.17) is 19.7 Å². The van der Waals surface area contributed by atoms with Crippen LogP contribution in [0.2, 0.25) is 0 Å². The number of halogens is 3. The zero-order valence-electron chi connectivity index (χ0n) is 12.3. The van der Waals surface area contributed by atoms with Crippen molar-refractivity contribution in [3.8, 4) is 17.6 Å². The third-order valence-corrected chi connectivity index (χ3v) is 2.97. The van der Waals surface area contributed by atoms with Crippen molar-refractivity contribution in [2.24, 2.45) is 0 Å². The zero-order valence-corrected chi connectivity index (χ0v) is 12.3. The molecule has 0 aliphatic rings. The predicted molar refractivity (Wildman–Crippen MR) is 74.5 cm³/mol. The van der Waals surface area contributed by atoms with Gasteiger partial charge in [-0.25, -0.2) is 0 Å². The summed E-state index contributed by atoms with van der Waals surface area (Å²) in [7, 11) is 1.52. The highest BCUT2D eigenvalue weighted by molar-refractivity contribution is 5.26. The third-order valence-electron chi connectivity index (χ3n) is 2.97. The lowest BCUT2D eigenvalue weighted by Crippen LogP contribution is -2.55. The van der Waals surface area contributed by atoms with Crippen LogP contribution in [-0.2, 0) is 11.3 Å². The van der Waals surface area contributed by atoms with E-state index >= 15 is 0 Å². The van der Waals surface area contributed by atoms with E-state index < -0.39 is 24.5 Å². The first-order chi connectivity index (χ1) is 10.7. The van der Waals surface area contributed by atoms with E-state index in [1.165, 1.54) is 13.0 Å². The van der Waals surface area contributed by atoms with Gasteiger partial charge in [0.25, 0.3) is 0 Å². The Balaban J connectivity index is 2.61. The van der Waals surface area contributed by atoms with Gasteiger partial charge < -0.3 is 24.8 Å². The fourth-order valence-corrected chi connectivity index (χ4v) is 1.59. The van der Waals surface area contributed by atoms with Crippen LogP contribution in [0.15, 0.2) is 24.3 Å². The van der Waals surface area contributed by atoms with Crippen molar-refractivity contribution in [2.75, 3.05) is 20.3 Å². The fraction of sp³-hybridized carbons (Fsp3) is 0.467. The van der Waals surface area contributed by atoms with Crippen molar-refractivity contribution in [1.82, 2.24) is 0 Å². The molecule has 5 nitrogen and oxygen atoms in total. The van der Waals surface area contributed by atoms with Gasteiger partial charge in [0.2, 0.25) is 5.60 Å². The van der Waals surface area contributed by atoms with Gasteiger partial charge in [0, 0.05) is 0 Å². The Morgan fingerprint density at radius 1 is 1.22 bits per heavy atom. The summed E-state index contributed by atoms with van der Waals surface area (Å²) in [5.74, 6) is 4.17. The molecule has 0 aliphatic carbocycles. The molecule has 2 atom stereocenters. The van der Waals surface area contributed by atoms with Gasteiger partial charge in [0.1, 0.15) is 18.5 Å². The van der Waals surface area contributed by atoms with E-state index in [-0.39, 0.29) is 13.2 Å². The summed E-state index contributed by atoms with van der Waals surface area (Å²) in [5, 5.41) is 27.1. The number of alkyl halides is 3. The molecule has 3 N–H and O–H groups in total. The third kappa shape index (κ3) is 5.11. The molecule has 0 bridgehead atoms. The van der Waals surface area contributed by atoms with Crippen LogP contribution >= 0.6 is 0 Å². The van der Waals surface area contributed by atoms with Crippen LogP contribution < -0.4 is 4.74 Å². The molecule has 0 fully saturated rings. The summed E-state index contributed by atoms with van der Waals surface area (Å²) < 4.78 is 48.2. The van der Waals surface area contributed by atoms with Crippen molar-refractivity contribution in [3.05, 3.63) is 29.8 Å². The number of ether oxygens (including phenoxy) is 2. The molecule has 0 heterocycles. The second-order valence-electron chi connectivity index (χ2n) is 4.61. The summed E-state index contributed by atoms with van der Waals surface area (Å²) in [4.78, 5) is 0. The van der Waals surface area contributed by atoms with Gasteiger partial charge in [0.15, 0.2) is 0 Å². The Morgan fingerprint density at radius 3 is 2.30 bits per heavy atom. The van der Waals surface area contributed by atoms with Gasteiger partial charge in [-0.05, 0) is 17.7 Å². The van der Waals surface area contributed by atoms with E-state index in [0.29, 0.717) is 5.75 Å². The van der Waals surface area contributed by atoms with E-state index in [1.807, 2.05) is 5.92 Å². The molecule has 0 aliphatic heterocycles. The molecule has 0 saturated heterocycles. The SMILES string of the molecule is COc1ccc(COCC#C[C@](O)([C@H](O)CO)C(F)(F)F)cc1. The number of aliphatic hydroxyl groups is 3. The second kappa shape index (κ2) is 8.17. The largest absolute Gasteiger partial charge is 0.497 e. The molecule has 0 saturated carbocycles. The van der Waals surface area contributed by atoms with Crippen molar-refractivity contribution < 1.29 is 38.0 Å². The molecule has 1 aromatic rings. The summed E-state index contributed by atoms with van der Waals surface area (Å²) in [6, 6.07) is 6.83. The van der Waals surface area contributed by atoms with Crippen LogP contribution in [0.3, 0.4) is 0 Å². The van der Waals surface area contributed by atoms with Crippen LogP contribution in [0.4, 0.5) is 13.2 Å². The maximum Gasteiger partial charge on any atom is 0.431 e. The molecule has 0 radical (unpaired) electrons. The standard InChI is InChI=1S/C15H17F3O5/c1-22-12-5-3-11(4-6-12)10-23-8-2-7-14(21,13(20)9-19)15(16,17)18/h3-6,13,19-21H,8-10H2,1H3/t13-,14+/m1/s1. The molecule has 23 heavy (non-hydrogen) atoms. The number of hydrogen-bond donors (Lipinski definition) is 3. The van der Waals surface area contributed by atoms with Crippen LogP contribution in [0, 0.1) is 11.8 Å². The lowest BCUT2D eigenvalue weighted by molar-refractivity contribution is -0.268. The number of benzene rings is 1. The molecule has 1 aromatic carbocycles. The van der Waals surface area contributed by atoms with Gasteiger partial charge >= 0.3 is 6.18 Å². The summed E-state index contributed by atoms with van der Waals surface area (Å²) in [6.45, 7) is -1.56. The summed E-state index contributed by atoms with van der Waals surface area (Å²) in [6.07, 6.45) is -7.67. The first-order valence-corrected chi connectivity index (χ1v) is 6.53. The molecule has 128 valence electrons. The monoisotopic (exact) mass is 334 g/mol. The number of methoxy groups -OCH3 is 1. The topological polar surface area (TPSA) is 79.2 Å². The first-order valence-electron chi connectivity index (χ1n) is 6.53. The molecular formula is C15H17F3O5. The number of hydrogen-bond acceptors (Lipinski definition) is 5. The van der Waals surface area contributed by atoms with E-state index in [1.54, 1.807) is 24.3 Å². The minimum absolute atomic E-state index is 0.103. The van der Waals surface area contributed by atoms with Gasteiger partial charge in [0.05, 0.1) is 20.3 Å². The normalized spacial score (nSPS) is 15.3. The van der Waals surface area contributed by atoms with Gasteiger partial charge in [-0.2, -0.15) is 13.2 Å². The Morgan fingerprint density at radius 2 is 1.83 bits per heavy atom. The molecule has 0 unspecified atom stereocenters. The highest BCUT2D eigenvalue weighted by atomic mass is 19.4. The van der Waals surface area contributed by atoms with Crippen molar-refractivity contribution in [2.45, 2.75) is 24.5 Å². The zero-order chi connectivity index (χ0) is 17.5. The van der Waals surface area contributed by atoms with E-state index in [9.17, 15) is 18.3 Å². The highest BCUT2D eigenvalue weighted by Gasteiger charge is 2.57. The van der Waals surface area contributed by atoms with Gasteiger partial charge in [-0.3, -0.25) is 0 Å². The first kappa shape index (κ1) is 19.3. The Labute approximate surface area is 131 Å². The lowest BCUT2D eigenvalue weighted by Gasteiger charge is -2.28. The Kier molecular flexibility index (Phi) is 6.84. The molecule has 0 aromatic heterocycles. The van der Waals surface area contributed by atoms with Crippen molar-refractivity contribution in [1.29, 1.82) is 0 Å². The maximum absolute atomic E-state index is 12.7. The van der Waals surface area contributed by atoms with Crippen LogP contribution in [0.1, 0.15) is 5.56 Å². The smallest absolute Gasteiger partial charge is 0.431 e. The minimum Gasteiger partial charge on any atom is -0.497 e. The van der Waals surface area contributed by atoms with Gasteiger partial charge in [-0.1, -0.05) is 24.0 Å². The Hall–Kier alpha value is -1.79. The van der Waals surface area contributed by atoms with Crippen molar-refractivity contribution in [3.63, 3.8) is 0 Å². The van der Waals surface area contributed by atoms with Crippen LogP contribution in [0.25, 0.3) is 0 Å². The highest BCUT2D eigenvalue weighted by Crippen LogP contribution is 2.32. The molecule has 0 spiro atoms. The molecule has 1 rings (SSSR count). The maximum atomic E-state index is 12.7. The lowest BCUT2D eigenvalue weighted by atomic mass is 9.97. The average molecular weight is 334 g/mol.